The minimum Gasteiger partial charge on any atom is -0.451 e. The van der Waals surface area contributed by atoms with Crippen molar-refractivity contribution < 1.29 is 14.0 Å². The van der Waals surface area contributed by atoms with E-state index in [0.29, 0.717) is 17.0 Å². The Morgan fingerprint density at radius 3 is 2.70 bits per heavy atom. The molecule has 1 heterocycles. The average molecular weight is 381 g/mol. The second-order valence-electron chi connectivity index (χ2n) is 4.10. The number of carbonyl (C=O) groups excluding carboxylic acids is 2. The van der Waals surface area contributed by atoms with E-state index < -0.39 is 0 Å². The van der Waals surface area contributed by atoms with E-state index in [0.717, 1.165) is 3.77 Å². The lowest BCUT2D eigenvalue weighted by Crippen LogP contribution is -2.08. The molecule has 0 unspecified atom stereocenters. The summed E-state index contributed by atoms with van der Waals surface area (Å²) in [6.45, 7) is 1.49. The van der Waals surface area contributed by atoms with Gasteiger partial charge in [0.15, 0.2) is 9.55 Å². The summed E-state index contributed by atoms with van der Waals surface area (Å²) in [5.41, 5.74) is 1.15. The highest BCUT2D eigenvalue weighted by Crippen LogP contribution is 2.13. The Kier molecular flexibility index (Phi) is 4.73. The minimum absolute atomic E-state index is 0.0400. The summed E-state index contributed by atoms with van der Waals surface area (Å²) in [5, 5.41) is 2.69. The third kappa shape index (κ3) is 4.06. The fraction of sp³-hybridized carbons (Fsp3) is 0.0667. The molecule has 20 heavy (non-hydrogen) atoms. The summed E-state index contributed by atoms with van der Waals surface area (Å²) in [7, 11) is 0. The van der Waals surface area contributed by atoms with Gasteiger partial charge in [-0.15, -0.1) is 0 Å². The highest BCUT2D eigenvalue weighted by Gasteiger charge is 2.03. The van der Waals surface area contributed by atoms with Gasteiger partial charge in [0.25, 0.3) is 0 Å². The molecule has 0 saturated heterocycles. The number of amides is 1. The minimum atomic E-state index is -0.280. The summed E-state index contributed by atoms with van der Waals surface area (Å²) in [5.74, 6) is 0.293. The maximum absolute atomic E-state index is 11.7. The average Bonchev–Trinajstić information content (AvgIpc) is 2.82. The van der Waals surface area contributed by atoms with Crippen molar-refractivity contribution in [1.82, 2.24) is 0 Å². The fourth-order valence-corrected chi connectivity index (χ4v) is 2.01. The second kappa shape index (κ2) is 6.51. The third-order valence-corrected chi connectivity index (χ3v) is 3.11. The van der Waals surface area contributed by atoms with Gasteiger partial charge in [0, 0.05) is 17.3 Å². The molecule has 0 aliphatic carbocycles. The predicted octanol–water partition coefficient (Wildman–Crippen LogP) is 3.74. The van der Waals surface area contributed by atoms with E-state index in [2.05, 4.69) is 27.9 Å². The van der Waals surface area contributed by atoms with Crippen molar-refractivity contribution in [3.63, 3.8) is 0 Å². The first-order valence-electron chi connectivity index (χ1n) is 5.90. The lowest BCUT2D eigenvalue weighted by Gasteiger charge is -2.03. The Morgan fingerprint density at radius 1 is 1.25 bits per heavy atom. The standard InChI is InChI=1S/C15H12INO3/c1-10(18)11-3-2-4-12(9-11)17-15(19)8-6-13-5-7-14(16)20-13/h2-9H,1H3,(H,17,19)/b8-6-. The van der Waals surface area contributed by atoms with Crippen molar-refractivity contribution in [2.24, 2.45) is 0 Å². The molecule has 1 amide bonds. The maximum Gasteiger partial charge on any atom is 0.248 e. The number of nitrogens with one attached hydrogen (secondary N) is 1. The van der Waals surface area contributed by atoms with Crippen LogP contribution < -0.4 is 5.32 Å². The summed E-state index contributed by atoms with van der Waals surface area (Å²) in [4.78, 5) is 23.0. The first-order chi connectivity index (χ1) is 9.54. The van der Waals surface area contributed by atoms with Crippen LogP contribution in [0.4, 0.5) is 5.69 Å². The largest absolute Gasteiger partial charge is 0.451 e. The number of hydrogen-bond donors (Lipinski definition) is 1. The molecule has 1 N–H and O–H groups in total. The fourth-order valence-electron chi connectivity index (χ4n) is 1.58. The van der Waals surface area contributed by atoms with Gasteiger partial charge >= 0.3 is 0 Å². The summed E-state index contributed by atoms with van der Waals surface area (Å²) < 4.78 is 6.07. The van der Waals surface area contributed by atoms with Gasteiger partial charge in [-0.2, -0.15) is 0 Å². The molecule has 0 aliphatic rings. The van der Waals surface area contributed by atoms with Crippen LogP contribution >= 0.6 is 22.6 Å². The number of furan rings is 1. The van der Waals surface area contributed by atoms with E-state index in [1.54, 1.807) is 36.4 Å². The van der Waals surface area contributed by atoms with Gasteiger partial charge in [-0.05, 0) is 59.9 Å². The van der Waals surface area contributed by atoms with Crippen molar-refractivity contribution in [3.05, 3.63) is 57.6 Å². The van der Waals surface area contributed by atoms with Gasteiger partial charge in [-0.25, -0.2) is 0 Å². The number of hydrogen-bond acceptors (Lipinski definition) is 3. The van der Waals surface area contributed by atoms with Crippen LogP contribution in [0.25, 0.3) is 6.08 Å². The van der Waals surface area contributed by atoms with E-state index in [1.807, 2.05) is 6.07 Å². The molecule has 2 rings (SSSR count). The Hall–Kier alpha value is -1.89. The molecule has 102 valence electrons. The highest BCUT2D eigenvalue weighted by molar-refractivity contribution is 14.1. The molecule has 0 bridgehead atoms. The van der Waals surface area contributed by atoms with E-state index in [1.165, 1.54) is 13.0 Å². The molecule has 0 aliphatic heterocycles. The van der Waals surface area contributed by atoms with E-state index >= 15 is 0 Å². The number of carbonyl (C=O) groups is 2. The van der Waals surface area contributed by atoms with Crippen LogP contribution in [-0.2, 0) is 4.79 Å². The molecule has 0 fully saturated rings. The van der Waals surface area contributed by atoms with Gasteiger partial charge in [0.05, 0.1) is 0 Å². The van der Waals surface area contributed by atoms with Crippen LogP contribution in [0.15, 0.2) is 46.9 Å². The molecule has 2 aromatic rings. The molecule has 4 nitrogen and oxygen atoms in total. The van der Waals surface area contributed by atoms with E-state index in [-0.39, 0.29) is 11.7 Å². The smallest absolute Gasteiger partial charge is 0.248 e. The summed E-state index contributed by atoms with van der Waals surface area (Å²) in [6, 6.07) is 10.4. The van der Waals surface area contributed by atoms with Crippen LogP contribution in [0.2, 0.25) is 0 Å². The predicted molar refractivity (Wildman–Crippen MR) is 85.5 cm³/mol. The molecule has 5 heteroatoms. The molecule has 1 aromatic carbocycles. The van der Waals surface area contributed by atoms with Crippen LogP contribution in [0.3, 0.4) is 0 Å². The monoisotopic (exact) mass is 381 g/mol. The molecule has 0 radical (unpaired) electrons. The maximum atomic E-state index is 11.7. The Labute approximate surface area is 130 Å². The van der Waals surface area contributed by atoms with Gasteiger partial charge in [-0.3, -0.25) is 9.59 Å². The van der Waals surface area contributed by atoms with Crippen LogP contribution in [-0.4, -0.2) is 11.7 Å². The van der Waals surface area contributed by atoms with Crippen molar-refractivity contribution in [2.75, 3.05) is 5.32 Å². The topological polar surface area (TPSA) is 59.3 Å². The molecular formula is C15H12INO3. The van der Waals surface area contributed by atoms with Crippen molar-refractivity contribution >= 4 is 46.0 Å². The van der Waals surface area contributed by atoms with Crippen molar-refractivity contribution in [3.8, 4) is 0 Å². The highest BCUT2D eigenvalue weighted by atomic mass is 127. The molecular weight excluding hydrogens is 369 g/mol. The zero-order valence-electron chi connectivity index (χ0n) is 10.7. The number of rotatable bonds is 4. The molecule has 0 atom stereocenters. The van der Waals surface area contributed by atoms with Gasteiger partial charge in [0.2, 0.25) is 5.91 Å². The number of anilines is 1. The lowest BCUT2D eigenvalue weighted by atomic mass is 10.1. The number of Topliss-reactive ketones (excluding diaryl/α,β-unsaturated/α-hetero) is 1. The Bertz CT molecular complexity index is 673. The first-order valence-corrected chi connectivity index (χ1v) is 6.98. The lowest BCUT2D eigenvalue weighted by molar-refractivity contribution is -0.111. The van der Waals surface area contributed by atoms with Crippen LogP contribution in [0.5, 0.6) is 0 Å². The summed E-state index contributed by atoms with van der Waals surface area (Å²) >= 11 is 2.05. The number of benzene rings is 1. The first kappa shape index (κ1) is 14.5. The molecule has 0 spiro atoms. The van der Waals surface area contributed by atoms with Gasteiger partial charge in [0.1, 0.15) is 5.76 Å². The van der Waals surface area contributed by atoms with Crippen LogP contribution in [0.1, 0.15) is 23.0 Å². The normalized spacial score (nSPS) is 10.7. The van der Waals surface area contributed by atoms with Crippen molar-refractivity contribution in [1.29, 1.82) is 0 Å². The zero-order chi connectivity index (χ0) is 14.5. The number of ketones is 1. The molecule has 1 aromatic heterocycles. The van der Waals surface area contributed by atoms with Crippen molar-refractivity contribution in [2.45, 2.75) is 6.92 Å². The molecule has 0 saturated carbocycles. The summed E-state index contributed by atoms with van der Waals surface area (Å²) in [6.07, 6.45) is 2.97. The quantitative estimate of drug-likeness (QED) is 0.499. The van der Waals surface area contributed by atoms with E-state index in [4.69, 9.17) is 4.42 Å². The van der Waals surface area contributed by atoms with E-state index in [9.17, 15) is 9.59 Å². The number of halogens is 1. The Balaban J connectivity index is 2.02. The van der Waals surface area contributed by atoms with Gasteiger partial charge in [-0.1, -0.05) is 12.1 Å². The SMILES string of the molecule is CC(=O)c1cccc(NC(=O)/C=C\c2ccc(I)o2)c1. The zero-order valence-corrected chi connectivity index (χ0v) is 12.9. The van der Waals surface area contributed by atoms with Crippen LogP contribution in [0, 0.1) is 3.77 Å². The second-order valence-corrected chi connectivity index (χ2v) is 5.16. The third-order valence-electron chi connectivity index (χ3n) is 2.53. The Morgan fingerprint density at radius 2 is 2.05 bits per heavy atom. The van der Waals surface area contributed by atoms with Gasteiger partial charge < -0.3 is 9.73 Å².